The SMILES string of the molecule is CCOC(=O)COc1c(I)cc(/C=C2/SC(=O)N(CC(=O)Nc3ccc(C)c(C)c3)C2=O)cc1OCC. The summed E-state index contributed by atoms with van der Waals surface area (Å²) < 4.78 is 16.8. The predicted octanol–water partition coefficient (Wildman–Crippen LogP) is 4.92. The van der Waals surface area contributed by atoms with Gasteiger partial charge in [0.2, 0.25) is 5.91 Å². The fourth-order valence-corrected chi connectivity index (χ4v) is 4.98. The van der Waals surface area contributed by atoms with Gasteiger partial charge in [0.1, 0.15) is 6.54 Å². The van der Waals surface area contributed by atoms with E-state index in [1.54, 1.807) is 31.2 Å². The van der Waals surface area contributed by atoms with Crippen molar-refractivity contribution in [1.82, 2.24) is 4.90 Å². The Morgan fingerprint density at radius 2 is 1.81 bits per heavy atom. The van der Waals surface area contributed by atoms with E-state index in [1.807, 2.05) is 55.5 Å². The largest absolute Gasteiger partial charge is 0.490 e. The summed E-state index contributed by atoms with van der Waals surface area (Å²) in [6.07, 6.45) is 1.56. The number of imide groups is 1. The molecular weight excluding hydrogens is 611 g/mol. The lowest BCUT2D eigenvalue weighted by Crippen LogP contribution is -2.36. The molecular formula is C26H27IN2O7S. The third kappa shape index (κ3) is 7.48. The number of carbonyl (C=O) groups is 4. The van der Waals surface area contributed by atoms with Crippen LogP contribution in [0.1, 0.15) is 30.5 Å². The number of thioether (sulfide) groups is 1. The van der Waals surface area contributed by atoms with Crippen LogP contribution in [-0.2, 0) is 19.1 Å². The Morgan fingerprint density at radius 1 is 1.05 bits per heavy atom. The number of anilines is 1. The van der Waals surface area contributed by atoms with Crippen LogP contribution in [0.3, 0.4) is 0 Å². The van der Waals surface area contributed by atoms with Crippen LogP contribution in [0.2, 0.25) is 0 Å². The van der Waals surface area contributed by atoms with Crippen molar-refractivity contribution in [2.75, 3.05) is 31.7 Å². The monoisotopic (exact) mass is 638 g/mol. The first-order valence-electron chi connectivity index (χ1n) is 11.5. The number of ether oxygens (including phenoxy) is 3. The van der Waals surface area contributed by atoms with E-state index in [0.717, 1.165) is 27.8 Å². The Balaban J connectivity index is 1.75. The van der Waals surface area contributed by atoms with E-state index in [0.29, 0.717) is 32.9 Å². The van der Waals surface area contributed by atoms with Crippen LogP contribution in [0.5, 0.6) is 11.5 Å². The highest BCUT2D eigenvalue weighted by Gasteiger charge is 2.36. The van der Waals surface area contributed by atoms with E-state index in [9.17, 15) is 19.2 Å². The molecule has 0 saturated carbocycles. The summed E-state index contributed by atoms with van der Waals surface area (Å²) >= 11 is 2.80. The van der Waals surface area contributed by atoms with Crippen molar-refractivity contribution in [2.45, 2.75) is 27.7 Å². The number of halogens is 1. The number of esters is 1. The lowest BCUT2D eigenvalue weighted by Gasteiger charge is -2.14. The van der Waals surface area contributed by atoms with Gasteiger partial charge in [-0.15, -0.1) is 0 Å². The minimum absolute atomic E-state index is 0.183. The smallest absolute Gasteiger partial charge is 0.344 e. The highest BCUT2D eigenvalue weighted by Crippen LogP contribution is 2.37. The summed E-state index contributed by atoms with van der Waals surface area (Å²) in [7, 11) is 0. The number of nitrogens with one attached hydrogen (secondary N) is 1. The standard InChI is InChI=1S/C26H27IN2O7S/c1-5-34-20-11-17(10-19(27)24(20)36-14-23(31)35-6-2)12-21-25(32)29(26(33)37-21)13-22(30)28-18-8-7-15(3)16(4)9-18/h7-12H,5-6,13-14H2,1-4H3,(H,28,30)/b21-12+. The highest BCUT2D eigenvalue weighted by molar-refractivity contribution is 14.1. The first-order chi connectivity index (χ1) is 17.6. The molecule has 0 unspecified atom stereocenters. The number of aryl methyl sites for hydroxylation is 2. The van der Waals surface area contributed by atoms with Crippen molar-refractivity contribution < 1.29 is 33.4 Å². The van der Waals surface area contributed by atoms with Crippen LogP contribution < -0.4 is 14.8 Å². The summed E-state index contributed by atoms with van der Waals surface area (Å²) in [6.45, 7) is 7.35. The van der Waals surface area contributed by atoms with Crippen molar-refractivity contribution in [3.05, 3.63) is 55.5 Å². The first-order valence-corrected chi connectivity index (χ1v) is 13.4. The highest BCUT2D eigenvalue weighted by atomic mass is 127. The zero-order valence-electron chi connectivity index (χ0n) is 20.9. The molecule has 0 bridgehead atoms. The minimum Gasteiger partial charge on any atom is -0.490 e. The molecule has 11 heteroatoms. The molecule has 1 aliphatic heterocycles. The number of rotatable bonds is 10. The second-order valence-electron chi connectivity index (χ2n) is 7.97. The topological polar surface area (TPSA) is 111 Å². The van der Waals surface area contributed by atoms with Crippen LogP contribution in [-0.4, -0.2) is 54.3 Å². The van der Waals surface area contributed by atoms with Crippen molar-refractivity contribution >= 4 is 69.1 Å². The molecule has 0 radical (unpaired) electrons. The number of hydrogen-bond acceptors (Lipinski definition) is 8. The van der Waals surface area contributed by atoms with E-state index in [-0.39, 0.29) is 18.1 Å². The molecule has 0 aliphatic carbocycles. The number of nitrogens with zero attached hydrogens (tertiary/aromatic N) is 1. The van der Waals surface area contributed by atoms with Gasteiger partial charge in [-0.05, 0) is 109 Å². The molecule has 0 aromatic heterocycles. The molecule has 0 spiro atoms. The van der Waals surface area contributed by atoms with Crippen molar-refractivity contribution in [3.8, 4) is 11.5 Å². The predicted molar refractivity (Wildman–Crippen MR) is 150 cm³/mol. The second kappa shape index (κ2) is 13.0. The molecule has 3 amide bonds. The maximum absolute atomic E-state index is 12.9. The second-order valence-corrected chi connectivity index (χ2v) is 10.1. The lowest BCUT2D eigenvalue weighted by atomic mass is 10.1. The van der Waals surface area contributed by atoms with Crippen molar-refractivity contribution in [1.29, 1.82) is 0 Å². The van der Waals surface area contributed by atoms with Gasteiger partial charge in [0, 0.05) is 5.69 Å². The Labute approximate surface area is 233 Å². The molecule has 1 N–H and O–H groups in total. The van der Waals surface area contributed by atoms with E-state index in [2.05, 4.69) is 5.32 Å². The zero-order valence-corrected chi connectivity index (χ0v) is 23.9. The van der Waals surface area contributed by atoms with Gasteiger partial charge in [0.25, 0.3) is 11.1 Å². The molecule has 1 heterocycles. The van der Waals surface area contributed by atoms with Crippen LogP contribution in [0.15, 0.2) is 35.2 Å². The van der Waals surface area contributed by atoms with Crippen molar-refractivity contribution in [2.24, 2.45) is 0 Å². The summed E-state index contributed by atoms with van der Waals surface area (Å²) in [5, 5.41) is 2.20. The third-order valence-corrected chi connectivity index (χ3v) is 6.94. The third-order valence-electron chi connectivity index (χ3n) is 5.24. The van der Waals surface area contributed by atoms with Crippen LogP contribution in [0, 0.1) is 17.4 Å². The van der Waals surface area contributed by atoms with Gasteiger partial charge < -0.3 is 19.5 Å². The maximum Gasteiger partial charge on any atom is 0.344 e. The number of hydrogen-bond donors (Lipinski definition) is 1. The van der Waals surface area contributed by atoms with E-state index in [1.165, 1.54) is 0 Å². The van der Waals surface area contributed by atoms with Gasteiger partial charge in [-0.2, -0.15) is 0 Å². The molecule has 2 aromatic rings. The zero-order chi connectivity index (χ0) is 27.1. The number of benzene rings is 2. The summed E-state index contributed by atoms with van der Waals surface area (Å²) in [5.41, 5.74) is 3.31. The molecule has 196 valence electrons. The van der Waals surface area contributed by atoms with Gasteiger partial charge >= 0.3 is 5.97 Å². The summed E-state index contributed by atoms with van der Waals surface area (Å²) in [5.74, 6) is -0.760. The fourth-order valence-electron chi connectivity index (χ4n) is 3.36. The average molecular weight is 638 g/mol. The molecule has 1 saturated heterocycles. The Hall–Kier alpha value is -3.06. The lowest BCUT2D eigenvalue weighted by molar-refractivity contribution is -0.145. The van der Waals surface area contributed by atoms with Crippen molar-refractivity contribution in [3.63, 3.8) is 0 Å². The molecule has 2 aromatic carbocycles. The maximum atomic E-state index is 12.9. The molecule has 3 rings (SSSR count). The van der Waals surface area contributed by atoms with Gasteiger partial charge in [-0.1, -0.05) is 6.07 Å². The van der Waals surface area contributed by atoms with Gasteiger partial charge in [-0.25, -0.2) is 4.79 Å². The summed E-state index contributed by atoms with van der Waals surface area (Å²) in [4.78, 5) is 50.8. The minimum atomic E-state index is -0.555. The van der Waals surface area contributed by atoms with E-state index < -0.39 is 29.6 Å². The Morgan fingerprint density at radius 3 is 2.49 bits per heavy atom. The molecule has 1 aliphatic rings. The normalized spacial score (nSPS) is 14.2. The molecule has 0 atom stereocenters. The quantitative estimate of drug-likeness (QED) is 0.222. The Kier molecular flexibility index (Phi) is 9.98. The van der Waals surface area contributed by atoms with Gasteiger partial charge in [0.15, 0.2) is 18.1 Å². The van der Waals surface area contributed by atoms with E-state index >= 15 is 0 Å². The molecule has 37 heavy (non-hydrogen) atoms. The van der Waals surface area contributed by atoms with Crippen LogP contribution in [0.25, 0.3) is 6.08 Å². The number of amides is 3. The fraction of sp³-hybridized carbons (Fsp3) is 0.308. The molecule has 9 nitrogen and oxygen atoms in total. The molecule has 1 fully saturated rings. The first kappa shape index (κ1) is 28.5. The van der Waals surface area contributed by atoms with Gasteiger partial charge in [-0.3, -0.25) is 19.3 Å². The van der Waals surface area contributed by atoms with Gasteiger partial charge in [0.05, 0.1) is 21.7 Å². The average Bonchev–Trinajstić information content (AvgIpc) is 3.08. The van der Waals surface area contributed by atoms with Crippen LogP contribution in [0.4, 0.5) is 10.5 Å². The number of carbonyl (C=O) groups excluding carboxylic acids is 4. The van der Waals surface area contributed by atoms with E-state index in [4.69, 9.17) is 14.2 Å². The van der Waals surface area contributed by atoms with Crippen LogP contribution >= 0.6 is 34.4 Å². The summed E-state index contributed by atoms with van der Waals surface area (Å²) in [6, 6.07) is 8.89. The Bertz CT molecular complexity index is 1260.